The lowest BCUT2D eigenvalue weighted by Crippen LogP contribution is -2.21. The Morgan fingerprint density at radius 3 is 2.76 bits per heavy atom. The van der Waals surface area contributed by atoms with Gasteiger partial charge in [0.1, 0.15) is 5.01 Å². The summed E-state index contributed by atoms with van der Waals surface area (Å²) in [5.74, 6) is 0. The third-order valence-electron chi connectivity index (χ3n) is 2.62. The molecule has 2 heterocycles. The predicted molar refractivity (Wildman–Crippen MR) is 71.2 cm³/mol. The number of hydrogen-bond donors (Lipinski definition) is 1. The first-order chi connectivity index (χ1) is 8.25. The van der Waals surface area contributed by atoms with E-state index in [1.165, 1.54) is 5.56 Å². The minimum absolute atomic E-state index is 0.329. The summed E-state index contributed by atoms with van der Waals surface area (Å²) in [4.78, 5) is 8.49. The second-order valence-corrected chi connectivity index (χ2v) is 5.00. The Morgan fingerprint density at radius 1 is 1.35 bits per heavy atom. The van der Waals surface area contributed by atoms with Crippen LogP contribution in [0.5, 0.6) is 0 Å². The maximum atomic E-state index is 4.48. The molecule has 17 heavy (non-hydrogen) atoms. The molecule has 0 amide bonds. The number of nitrogens with zero attached hydrogens (tertiary/aromatic N) is 2. The largest absolute Gasteiger partial charge is 0.308 e. The van der Waals surface area contributed by atoms with E-state index in [2.05, 4.69) is 39.7 Å². The van der Waals surface area contributed by atoms with Gasteiger partial charge in [-0.1, -0.05) is 0 Å². The van der Waals surface area contributed by atoms with Crippen LogP contribution in [0.2, 0.25) is 0 Å². The first-order valence-corrected chi connectivity index (χ1v) is 6.68. The van der Waals surface area contributed by atoms with Crippen LogP contribution < -0.4 is 5.32 Å². The maximum Gasteiger partial charge on any atom is 0.110 e. The van der Waals surface area contributed by atoms with Crippen molar-refractivity contribution in [3.63, 3.8) is 0 Å². The second kappa shape index (κ2) is 5.89. The highest BCUT2D eigenvalue weighted by atomic mass is 32.1. The molecule has 0 aromatic carbocycles. The zero-order chi connectivity index (χ0) is 12.1. The molecule has 0 saturated heterocycles. The van der Waals surface area contributed by atoms with E-state index < -0.39 is 0 Å². The Kier molecular flexibility index (Phi) is 4.23. The monoisotopic (exact) mass is 247 g/mol. The van der Waals surface area contributed by atoms with E-state index in [0.717, 1.165) is 23.7 Å². The number of hydrogen-bond acceptors (Lipinski definition) is 4. The molecule has 3 nitrogen and oxygen atoms in total. The number of nitrogens with one attached hydrogen (secondary N) is 1. The lowest BCUT2D eigenvalue weighted by Gasteiger charge is -2.10. The number of rotatable bonds is 5. The number of aryl methyl sites for hydroxylation is 1. The van der Waals surface area contributed by atoms with Crippen LogP contribution in [-0.2, 0) is 6.42 Å². The van der Waals surface area contributed by atoms with Crippen molar-refractivity contribution in [2.45, 2.75) is 26.3 Å². The average Bonchev–Trinajstić information content (AvgIpc) is 2.77. The van der Waals surface area contributed by atoms with E-state index in [9.17, 15) is 0 Å². The van der Waals surface area contributed by atoms with Gasteiger partial charge in [0, 0.05) is 23.5 Å². The molecule has 4 heteroatoms. The Morgan fingerprint density at radius 2 is 2.12 bits per heavy atom. The van der Waals surface area contributed by atoms with E-state index in [0.29, 0.717) is 6.04 Å². The first kappa shape index (κ1) is 12.2. The molecule has 2 rings (SSSR count). The zero-order valence-electron chi connectivity index (χ0n) is 10.2. The summed E-state index contributed by atoms with van der Waals surface area (Å²) in [6, 6.07) is 4.44. The summed E-state index contributed by atoms with van der Waals surface area (Å²) in [7, 11) is 0. The third-order valence-corrected chi connectivity index (χ3v) is 3.77. The van der Waals surface area contributed by atoms with Gasteiger partial charge in [0.15, 0.2) is 0 Å². The van der Waals surface area contributed by atoms with Crippen molar-refractivity contribution in [2.75, 3.05) is 6.54 Å². The highest BCUT2D eigenvalue weighted by Crippen LogP contribution is 2.17. The average molecular weight is 247 g/mol. The molecule has 2 aromatic rings. The van der Waals surface area contributed by atoms with E-state index in [1.807, 2.05) is 19.3 Å². The molecule has 0 bridgehead atoms. The van der Waals surface area contributed by atoms with Gasteiger partial charge < -0.3 is 5.32 Å². The van der Waals surface area contributed by atoms with E-state index in [-0.39, 0.29) is 0 Å². The minimum Gasteiger partial charge on any atom is -0.308 e. The summed E-state index contributed by atoms with van der Waals surface area (Å²) in [6.07, 6.45) is 4.70. The lowest BCUT2D eigenvalue weighted by atomic mass is 10.2. The normalized spacial score (nSPS) is 12.6. The highest BCUT2D eigenvalue weighted by Gasteiger charge is 2.07. The van der Waals surface area contributed by atoms with Crippen molar-refractivity contribution in [1.29, 1.82) is 0 Å². The highest BCUT2D eigenvalue weighted by molar-refractivity contribution is 7.09. The summed E-state index contributed by atoms with van der Waals surface area (Å²) in [5, 5.41) is 6.75. The van der Waals surface area contributed by atoms with Crippen LogP contribution in [0.3, 0.4) is 0 Å². The smallest absolute Gasteiger partial charge is 0.110 e. The SMILES string of the molecule is Cc1csc(C(C)NCCc2ccncc2)n1. The molecule has 0 aliphatic heterocycles. The van der Waals surface area contributed by atoms with Gasteiger partial charge in [-0.05, 0) is 44.5 Å². The fraction of sp³-hybridized carbons (Fsp3) is 0.385. The van der Waals surface area contributed by atoms with E-state index in [1.54, 1.807) is 11.3 Å². The van der Waals surface area contributed by atoms with Crippen molar-refractivity contribution in [3.8, 4) is 0 Å². The molecule has 0 saturated carbocycles. The predicted octanol–water partition coefficient (Wildman–Crippen LogP) is 2.74. The molecule has 0 spiro atoms. The van der Waals surface area contributed by atoms with Crippen molar-refractivity contribution < 1.29 is 0 Å². The van der Waals surface area contributed by atoms with Crippen molar-refractivity contribution in [3.05, 3.63) is 46.2 Å². The second-order valence-electron chi connectivity index (χ2n) is 4.11. The van der Waals surface area contributed by atoms with Crippen LogP contribution in [0.15, 0.2) is 29.9 Å². The molecular formula is C13H17N3S. The van der Waals surface area contributed by atoms with E-state index >= 15 is 0 Å². The van der Waals surface area contributed by atoms with Crippen LogP contribution in [0.1, 0.15) is 29.2 Å². The Bertz CT molecular complexity index is 453. The van der Waals surface area contributed by atoms with Crippen LogP contribution in [0.25, 0.3) is 0 Å². The molecule has 0 radical (unpaired) electrons. The molecule has 2 aromatic heterocycles. The Hall–Kier alpha value is -1.26. The van der Waals surface area contributed by atoms with Gasteiger partial charge in [0.2, 0.25) is 0 Å². The summed E-state index contributed by atoms with van der Waals surface area (Å²) >= 11 is 1.72. The lowest BCUT2D eigenvalue weighted by molar-refractivity contribution is 0.573. The van der Waals surface area contributed by atoms with Crippen LogP contribution in [0.4, 0.5) is 0 Å². The number of aromatic nitrogens is 2. The van der Waals surface area contributed by atoms with Crippen LogP contribution in [0, 0.1) is 6.92 Å². The van der Waals surface area contributed by atoms with Gasteiger partial charge >= 0.3 is 0 Å². The first-order valence-electron chi connectivity index (χ1n) is 5.80. The van der Waals surface area contributed by atoms with Crippen LogP contribution in [-0.4, -0.2) is 16.5 Å². The molecule has 0 aliphatic rings. The van der Waals surface area contributed by atoms with E-state index in [4.69, 9.17) is 0 Å². The Balaban J connectivity index is 1.79. The molecular weight excluding hydrogens is 230 g/mol. The van der Waals surface area contributed by atoms with Gasteiger partial charge in [0.25, 0.3) is 0 Å². The fourth-order valence-corrected chi connectivity index (χ4v) is 2.47. The number of pyridine rings is 1. The summed E-state index contributed by atoms with van der Waals surface area (Å²) in [6.45, 7) is 5.15. The minimum atomic E-state index is 0.329. The molecule has 0 fully saturated rings. The summed E-state index contributed by atoms with van der Waals surface area (Å²) in [5.41, 5.74) is 2.42. The molecule has 1 unspecified atom stereocenters. The van der Waals surface area contributed by atoms with Gasteiger partial charge in [0.05, 0.1) is 6.04 Å². The standard InChI is InChI=1S/C13H17N3S/c1-10-9-17-13(16-10)11(2)15-8-5-12-3-6-14-7-4-12/h3-4,6-7,9,11,15H,5,8H2,1-2H3. The maximum absolute atomic E-state index is 4.48. The van der Waals surface area contributed by atoms with Gasteiger partial charge in [-0.25, -0.2) is 4.98 Å². The van der Waals surface area contributed by atoms with Crippen molar-refractivity contribution in [1.82, 2.24) is 15.3 Å². The topological polar surface area (TPSA) is 37.8 Å². The van der Waals surface area contributed by atoms with Crippen LogP contribution >= 0.6 is 11.3 Å². The van der Waals surface area contributed by atoms with Gasteiger partial charge in [-0.2, -0.15) is 0 Å². The van der Waals surface area contributed by atoms with Crippen molar-refractivity contribution in [2.24, 2.45) is 0 Å². The van der Waals surface area contributed by atoms with Crippen molar-refractivity contribution >= 4 is 11.3 Å². The summed E-state index contributed by atoms with van der Waals surface area (Å²) < 4.78 is 0. The van der Waals surface area contributed by atoms with Gasteiger partial charge in [-0.15, -0.1) is 11.3 Å². The fourth-order valence-electron chi connectivity index (χ4n) is 1.64. The zero-order valence-corrected chi connectivity index (χ0v) is 11.0. The molecule has 0 aliphatic carbocycles. The van der Waals surface area contributed by atoms with Gasteiger partial charge in [-0.3, -0.25) is 4.98 Å². The molecule has 1 atom stereocenters. The molecule has 90 valence electrons. The number of thiazole rings is 1. The Labute approximate surface area is 106 Å². The third kappa shape index (κ3) is 3.61. The quantitative estimate of drug-likeness (QED) is 0.883. The molecule has 1 N–H and O–H groups in total.